The van der Waals surface area contributed by atoms with Crippen molar-refractivity contribution in [1.29, 1.82) is 0 Å². The number of hydrazone groups is 1. The van der Waals surface area contributed by atoms with E-state index in [0.29, 0.717) is 5.75 Å². The standard InChI is InChI=1S/C21H20N2O2/c1-2-16-10-12-19(13-11-16)25-15-21(24)23-22-14-18-8-5-7-17-6-3-4-9-20(17)18/h3-14H,2,15H2,1H3,(H,23,24)/b22-14-. The molecule has 4 nitrogen and oxygen atoms in total. The van der Waals surface area contributed by atoms with Gasteiger partial charge in [-0.15, -0.1) is 0 Å². The van der Waals surface area contributed by atoms with Gasteiger partial charge in [0.15, 0.2) is 6.61 Å². The highest BCUT2D eigenvalue weighted by Gasteiger charge is 2.02. The van der Waals surface area contributed by atoms with Gasteiger partial charge in [-0.2, -0.15) is 5.10 Å². The van der Waals surface area contributed by atoms with Crippen LogP contribution in [-0.2, 0) is 11.2 Å². The number of carbonyl (C=O) groups excluding carboxylic acids is 1. The van der Waals surface area contributed by atoms with E-state index in [4.69, 9.17) is 4.74 Å². The monoisotopic (exact) mass is 332 g/mol. The molecule has 3 aromatic carbocycles. The van der Waals surface area contributed by atoms with Crippen molar-refractivity contribution in [1.82, 2.24) is 5.43 Å². The second-order valence-electron chi connectivity index (χ2n) is 5.65. The van der Waals surface area contributed by atoms with Gasteiger partial charge in [0.05, 0.1) is 6.21 Å². The van der Waals surface area contributed by atoms with Crippen molar-refractivity contribution in [3.63, 3.8) is 0 Å². The van der Waals surface area contributed by atoms with Crippen LogP contribution in [0.25, 0.3) is 10.8 Å². The molecular formula is C21H20N2O2. The number of fused-ring (bicyclic) bond motifs is 1. The molecule has 0 unspecified atom stereocenters. The molecule has 1 N–H and O–H groups in total. The van der Waals surface area contributed by atoms with Crippen molar-refractivity contribution in [3.8, 4) is 5.75 Å². The molecule has 3 aromatic rings. The van der Waals surface area contributed by atoms with Crippen molar-refractivity contribution in [2.24, 2.45) is 5.10 Å². The topological polar surface area (TPSA) is 50.7 Å². The normalized spacial score (nSPS) is 10.9. The van der Waals surface area contributed by atoms with E-state index in [0.717, 1.165) is 22.8 Å². The summed E-state index contributed by atoms with van der Waals surface area (Å²) in [5, 5.41) is 6.26. The summed E-state index contributed by atoms with van der Waals surface area (Å²) >= 11 is 0. The molecule has 4 heteroatoms. The highest BCUT2D eigenvalue weighted by Crippen LogP contribution is 2.16. The van der Waals surface area contributed by atoms with E-state index in [2.05, 4.69) is 17.5 Å². The Kier molecular flexibility index (Phi) is 5.42. The molecule has 0 bridgehead atoms. The molecule has 0 saturated carbocycles. The van der Waals surface area contributed by atoms with Gasteiger partial charge in [-0.05, 0) is 34.9 Å². The van der Waals surface area contributed by atoms with E-state index >= 15 is 0 Å². The largest absolute Gasteiger partial charge is 0.484 e. The minimum atomic E-state index is -0.295. The summed E-state index contributed by atoms with van der Waals surface area (Å²) in [6, 6.07) is 21.7. The maximum Gasteiger partial charge on any atom is 0.277 e. The number of rotatable bonds is 6. The summed E-state index contributed by atoms with van der Waals surface area (Å²) in [6.45, 7) is 2.02. The van der Waals surface area contributed by atoms with Gasteiger partial charge in [0.2, 0.25) is 0 Å². The van der Waals surface area contributed by atoms with E-state index in [1.807, 2.05) is 66.7 Å². The molecule has 0 aromatic heterocycles. The first kappa shape index (κ1) is 16.7. The van der Waals surface area contributed by atoms with Crippen LogP contribution in [0.15, 0.2) is 71.8 Å². The summed E-state index contributed by atoms with van der Waals surface area (Å²) in [5.41, 5.74) is 4.68. The Labute approximate surface area is 147 Å². The molecule has 0 heterocycles. The van der Waals surface area contributed by atoms with Crippen molar-refractivity contribution in [2.45, 2.75) is 13.3 Å². The summed E-state index contributed by atoms with van der Waals surface area (Å²) in [7, 11) is 0. The molecule has 0 aliphatic rings. The number of amides is 1. The average molecular weight is 332 g/mol. The first-order valence-corrected chi connectivity index (χ1v) is 8.27. The number of nitrogens with zero attached hydrogens (tertiary/aromatic N) is 1. The summed E-state index contributed by atoms with van der Waals surface area (Å²) < 4.78 is 5.45. The van der Waals surface area contributed by atoms with Crippen LogP contribution in [0.2, 0.25) is 0 Å². The highest BCUT2D eigenvalue weighted by atomic mass is 16.5. The van der Waals surface area contributed by atoms with E-state index < -0.39 is 0 Å². The van der Waals surface area contributed by atoms with Gasteiger partial charge >= 0.3 is 0 Å². The van der Waals surface area contributed by atoms with Gasteiger partial charge < -0.3 is 4.74 Å². The third kappa shape index (κ3) is 4.44. The zero-order chi connectivity index (χ0) is 17.5. The second-order valence-corrected chi connectivity index (χ2v) is 5.65. The third-order valence-electron chi connectivity index (χ3n) is 3.92. The number of carbonyl (C=O) groups is 1. The lowest BCUT2D eigenvalue weighted by Gasteiger charge is -2.06. The minimum absolute atomic E-state index is 0.0711. The lowest BCUT2D eigenvalue weighted by molar-refractivity contribution is -0.123. The number of hydrogen-bond acceptors (Lipinski definition) is 3. The maximum absolute atomic E-state index is 11.8. The molecule has 1 amide bonds. The van der Waals surface area contributed by atoms with Gasteiger partial charge in [0.25, 0.3) is 5.91 Å². The molecule has 25 heavy (non-hydrogen) atoms. The zero-order valence-corrected chi connectivity index (χ0v) is 14.1. The Morgan fingerprint density at radius 2 is 1.80 bits per heavy atom. The fraction of sp³-hybridized carbons (Fsp3) is 0.143. The van der Waals surface area contributed by atoms with Crippen LogP contribution in [0.3, 0.4) is 0 Å². The van der Waals surface area contributed by atoms with E-state index in [1.54, 1.807) is 6.21 Å². The smallest absolute Gasteiger partial charge is 0.277 e. The Morgan fingerprint density at radius 3 is 2.60 bits per heavy atom. The lowest BCUT2D eigenvalue weighted by Crippen LogP contribution is -2.24. The highest BCUT2D eigenvalue weighted by molar-refractivity contribution is 5.99. The fourth-order valence-electron chi connectivity index (χ4n) is 2.54. The number of ether oxygens (including phenoxy) is 1. The first-order valence-electron chi connectivity index (χ1n) is 8.27. The molecule has 0 radical (unpaired) electrons. The zero-order valence-electron chi connectivity index (χ0n) is 14.1. The maximum atomic E-state index is 11.8. The number of nitrogens with one attached hydrogen (secondary N) is 1. The predicted octanol–water partition coefficient (Wildman–Crippen LogP) is 3.93. The van der Waals surface area contributed by atoms with E-state index in [1.165, 1.54) is 5.56 Å². The molecule has 0 atom stereocenters. The van der Waals surface area contributed by atoms with Crippen molar-refractivity contribution < 1.29 is 9.53 Å². The molecule has 126 valence electrons. The number of hydrogen-bond donors (Lipinski definition) is 1. The minimum Gasteiger partial charge on any atom is -0.484 e. The van der Waals surface area contributed by atoms with Gasteiger partial charge in [-0.3, -0.25) is 4.79 Å². The quantitative estimate of drug-likeness (QED) is 0.549. The molecule has 3 rings (SSSR count). The van der Waals surface area contributed by atoms with E-state index in [9.17, 15) is 4.79 Å². The van der Waals surface area contributed by atoms with Crippen LogP contribution in [-0.4, -0.2) is 18.7 Å². The van der Waals surface area contributed by atoms with Crippen molar-refractivity contribution in [3.05, 3.63) is 77.9 Å². The van der Waals surface area contributed by atoms with Gasteiger partial charge in [-0.1, -0.05) is 61.5 Å². The molecule has 0 fully saturated rings. The van der Waals surface area contributed by atoms with E-state index in [-0.39, 0.29) is 12.5 Å². The van der Waals surface area contributed by atoms with Crippen LogP contribution >= 0.6 is 0 Å². The number of aryl methyl sites for hydroxylation is 1. The van der Waals surface area contributed by atoms with Crippen LogP contribution < -0.4 is 10.2 Å². The molecule has 0 aliphatic heterocycles. The van der Waals surface area contributed by atoms with Crippen molar-refractivity contribution in [2.75, 3.05) is 6.61 Å². The van der Waals surface area contributed by atoms with Crippen LogP contribution in [0, 0.1) is 0 Å². The SMILES string of the molecule is CCc1ccc(OCC(=O)N/N=C\c2cccc3ccccc23)cc1. The Balaban J connectivity index is 1.55. The number of benzene rings is 3. The Morgan fingerprint density at radius 1 is 1.04 bits per heavy atom. The lowest BCUT2D eigenvalue weighted by atomic mass is 10.1. The van der Waals surface area contributed by atoms with Crippen LogP contribution in [0.1, 0.15) is 18.1 Å². The second kappa shape index (κ2) is 8.11. The molecule has 0 spiro atoms. The summed E-state index contributed by atoms with van der Waals surface area (Å²) in [5.74, 6) is 0.376. The third-order valence-corrected chi connectivity index (χ3v) is 3.92. The Hall–Kier alpha value is -3.14. The predicted molar refractivity (Wildman–Crippen MR) is 101 cm³/mol. The summed E-state index contributed by atoms with van der Waals surface area (Å²) in [6.07, 6.45) is 2.62. The average Bonchev–Trinajstić information content (AvgIpc) is 2.67. The fourth-order valence-corrected chi connectivity index (χ4v) is 2.54. The first-order chi connectivity index (χ1) is 12.3. The van der Waals surface area contributed by atoms with Crippen molar-refractivity contribution >= 4 is 22.9 Å². The Bertz CT molecular complexity index is 881. The van der Waals surface area contributed by atoms with Gasteiger partial charge in [0, 0.05) is 5.56 Å². The molecular weight excluding hydrogens is 312 g/mol. The van der Waals surface area contributed by atoms with Crippen LogP contribution in [0.5, 0.6) is 5.75 Å². The van der Waals surface area contributed by atoms with Gasteiger partial charge in [0.1, 0.15) is 5.75 Å². The van der Waals surface area contributed by atoms with Crippen LogP contribution in [0.4, 0.5) is 0 Å². The molecule has 0 aliphatic carbocycles. The van der Waals surface area contributed by atoms with Gasteiger partial charge in [-0.25, -0.2) is 5.43 Å². The molecule has 0 saturated heterocycles. The summed E-state index contributed by atoms with van der Waals surface area (Å²) in [4.78, 5) is 11.8.